The number of benzene rings is 2. The molecule has 3 rings (SSSR count). The Labute approximate surface area is 171 Å². The first-order chi connectivity index (χ1) is 13.8. The molecule has 0 unspecified atom stereocenters. The molecule has 1 N–H and O–H groups in total. The van der Waals surface area contributed by atoms with Gasteiger partial charge in [0, 0.05) is 18.8 Å². The Balaban J connectivity index is 1.64. The number of rotatable bonds is 6. The molecular formula is C21H26N2O5S. The Kier molecular flexibility index (Phi) is 6.56. The SMILES string of the molecule is Cc1ccc(C)c(NC(=O)COc2ccc(S(=O)(=O)N3CCOCC3)cc2C)c1. The standard InChI is InChI=1S/C21H26N2O5S/c1-15-4-5-16(2)19(12-15)22-21(24)14-28-20-7-6-18(13-17(20)3)29(25,26)23-8-10-27-11-9-23/h4-7,12-13H,8-11,14H2,1-3H3,(H,22,24). The van der Waals surface area contributed by atoms with Crippen LogP contribution in [0.5, 0.6) is 5.75 Å². The van der Waals surface area contributed by atoms with E-state index in [1.54, 1.807) is 19.1 Å². The molecule has 0 aromatic heterocycles. The summed E-state index contributed by atoms with van der Waals surface area (Å²) in [4.78, 5) is 12.5. The molecule has 0 radical (unpaired) electrons. The predicted molar refractivity (Wildman–Crippen MR) is 111 cm³/mol. The van der Waals surface area contributed by atoms with Crippen molar-refractivity contribution >= 4 is 21.6 Å². The van der Waals surface area contributed by atoms with E-state index in [1.165, 1.54) is 10.4 Å². The van der Waals surface area contributed by atoms with Gasteiger partial charge in [0.05, 0.1) is 18.1 Å². The van der Waals surface area contributed by atoms with Crippen LogP contribution in [-0.2, 0) is 19.6 Å². The fraction of sp³-hybridized carbons (Fsp3) is 0.381. The highest BCUT2D eigenvalue weighted by atomic mass is 32.2. The van der Waals surface area contributed by atoms with Gasteiger partial charge in [0.1, 0.15) is 5.75 Å². The Hall–Kier alpha value is -2.42. The van der Waals surface area contributed by atoms with Crippen molar-refractivity contribution in [3.63, 3.8) is 0 Å². The van der Waals surface area contributed by atoms with Crippen LogP contribution in [0.25, 0.3) is 0 Å². The lowest BCUT2D eigenvalue weighted by molar-refractivity contribution is -0.118. The van der Waals surface area contributed by atoms with Gasteiger partial charge in [-0.1, -0.05) is 12.1 Å². The first-order valence-electron chi connectivity index (χ1n) is 9.46. The summed E-state index contributed by atoms with van der Waals surface area (Å²) in [6.45, 7) is 6.97. The molecule has 7 nitrogen and oxygen atoms in total. The lowest BCUT2D eigenvalue weighted by atomic mass is 10.1. The summed E-state index contributed by atoms with van der Waals surface area (Å²) in [5.74, 6) is 0.199. The lowest BCUT2D eigenvalue weighted by Crippen LogP contribution is -2.40. The minimum Gasteiger partial charge on any atom is -0.483 e. The van der Waals surface area contributed by atoms with E-state index in [4.69, 9.17) is 9.47 Å². The van der Waals surface area contributed by atoms with Gasteiger partial charge in [-0.3, -0.25) is 4.79 Å². The van der Waals surface area contributed by atoms with Crippen molar-refractivity contribution in [1.82, 2.24) is 4.31 Å². The van der Waals surface area contributed by atoms with Gasteiger partial charge in [-0.15, -0.1) is 0 Å². The maximum absolute atomic E-state index is 12.7. The summed E-state index contributed by atoms with van der Waals surface area (Å²) in [7, 11) is -3.56. The summed E-state index contributed by atoms with van der Waals surface area (Å²) >= 11 is 0. The van der Waals surface area contributed by atoms with Crippen LogP contribution >= 0.6 is 0 Å². The molecule has 0 bridgehead atoms. The molecule has 1 fully saturated rings. The van der Waals surface area contributed by atoms with Gasteiger partial charge in [0.25, 0.3) is 5.91 Å². The number of anilines is 1. The van der Waals surface area contributed by atoms with Crippen LogP contribution in [0, 0.1) is 20.8 Å². The largest absolute Gasteiger partial charge is 0.483 e. The van der Waals surface area contributed by atoms with Gasteiger partial charge in [0.15, 0.2) is 6.61 Å². The number of amides is 1. The van der Waals surface area contributed by atoms with Crippen LogP contribution in [-0.4, -0.2) is 51.5 Å². The predicted octanol–water partition coefficient (Wildman–Crippen LogP) is 2.65. The second-order valence-electron chi connectivity index (χ2n) is 7.10. The number of nitrogens with zero attached hydrogens (tertiary/aromatic N) is 1. The Morgan fingerprint density at radius 3 is 2.48 bits per heavy atom. The van der Waals surface area contributed by atoms with Crippen LogP contribution in [0.2, 0.25) is 0 Å². The third kappa shape index (κ3) is 5.14. The lowest BCUT2D eigenvalue weighted by Gasteiger charge is -2.26. The number of hydrogen-bond acceptors (Lipinski definition) is 5. The number of nitrogens with one attached hydrogen (secondary N) is 1. The van der Waals surface area contributed by atoms with Crippen LogP contribution in [0.1, 0.15) is 16.7 Å². The normalized spacial score (nSPS) is 15.1. The highest BCUT2D eigenvalue weighted by Crippen LogP contribution is 2.25. The quantitative estimate of drug-likeness (QED) is 0.780. The van der Waals surface area contributed by atoms with Crippen molar-refractivity contribution in [2.75, 3.05) is 38.2 Å². The number of hydrogen-bond donors (Lipinski definition) is 1. The zero-order chi connectivity index (χ0) is 21.0. The van der Waals surface area contributed by atoms with Crippen molar-refractivity contribution in [3.8, 4) is 5.75 Å². The summed E-state index contributed by atoms with van der Waals surface area (Å²) in [6.07, 6.45) is 0. The van der Waals surface area contributed by atoms with E-state index in [0.29, 0.717) is 37.6 Å². The van der Waals surface area contributed by atoms with E-state index in [0.717, 1.165) is 16.8 Å². The molecule has 1 saturated heterocycles. The first-order valence-corrected chi connectivity index (χ1v) is 10.9. The van der Waals surface area contributed by atoms with Crippen molar-refractivity contribution < 1.29 is 22.7 Å². The molecule has 2 aromatic rings. The number of aryl methyl sites for hydroxylation is 3. The zero-order valence-corrected chi connectivity index (χ0v) is 17.7. The molecule has 0 spiro atoms. The summed E-state index contributed by atoms with van der Waals surface area (Å²) in [6, 6.07) is 10.5. The molecule has 29 heavy (non-hydrogen) atoms. The molecule has 0 atom stereocenters. The summed E-state index contributed by atoms with van der Waals surface area (Å²) in [5.41, 5.74) is 3.43. The molecule has 1 aliphatic heterocycles. The summed E-state index contributed by atoms with van der Waals surface area (Å²) in [5, 5.41) is 2.84. The van der Waals surface area contributed by atoms with E-state index in [9.17, 15) is 13.2 Å². The fourth-order valence-corrected chi connectivity index (χ4v) is 4.57. The second-order valence-corrected chi connectivity index (χ2v) is 9.04. The summed E-state index contributed by atoms with van der Waals surface area (Å²) < 4.78 is 37.7. The van der Waals surface area contributed by atoms with Crippen molar-refractivity contribution in [2.45, 2.75) is 25.7 Å². The van der Waals surface area contributed by atoms with Gasteiger partial charge >= 0.3 is 0 Å². The number of ether oxygens (including phenoxy) is 2. The Morgan fingerprint density at radius 2 is 1.79 bits per heavy atom. The molecule has 8 heteroatoms. The average Bonchev–Trinajstić information content (AvgIpc) is 2.70. The molecule has 0 saturated carbocycles. The number of carbonyl (C=O) groups excluding carboxylic acids is 1. The van der Waals surface area contributed by atoms with Crippen molar-refractivity contribution in [3.05, 3.63) is 53.1 Å². The molecular weight excluding hydrogens is 392 g/mol. The molecule has 0 aliphatic carbocycles. The molecule has 1 amide bonds. The van der Waals surface area contributed by atoms with Crippen LogP contribution in [0.3, 0.4) is 0 Å². The van der Waals surface area contributed by atoms with Gasteiger partial charge < -0.3 is 14.8 Å². The van der Waals surface area contributed by atoms with Gasteiger partial charge in [-0.25, -0.2) is 8.42 Å². The van der Waals surface area contributed by atoms with E-state index in [2.05, 4.69) is 5.32 Å². The number of sulfonamides is 1. The first kappa shape index (κ1) is 21.3. The third-order valence-electron chi connectivity index (χ3n) is 4.78. The number of carbonyl (C=O) groups is 1. The maximum Gasteiger partial charge on any atom is 0.262 e. The zero-order valence-electron chi connectivity index (χ0n) is 16.9. The highest BCUT2D eigenvalue weighted by Gasteiger charge is 2.26. The van der Waals surface area contributed by atoms with E-state index in [1.807, 2.05) is 32.0 Å². The van der Waals surface area contributed by atoms with E-state index in [-0.39, 0.29) is 17.4 Å². The monoisotopic (exact) mass is 418 g/mol. The maximum atomic E-state index is 12.7. The minimum absolute atomic E-state index is 0.163. The molecule has 2 aromatic carbocycles. The van der Waals surface area contributed by atoms with Gasteiger partial charge in [-0.05, 0) is 61.7 Å². The molecule has 1 aliphatic rings. The van der Waals surface area contributed by atoms with Gasteiger partial charge in [0.2, 0.25) is 10.0 Å². The second kappa shape index (κ2) is 8.94. The van der Waals surface area contributed by atoms with Crippen LogP contribution < -0.4 is 10.1 Å². The number of morpholine rings is 1. The molecule has 1 heterocycles. The van der Waals surface area contributed by atoms with E-state index >= 15 is 0 Å². The fourth-order valence-electron chi connectivity index (χ4n) is 3.08. The van der Waals surface area contributed by atoms with Crippen LogP contribution in [0.4, 0.5) is 5.69 Å². The van der Waals surface area contributed by atoms with Gasteiger partial charge in [-0.2, -0.15) is 4.31 Å². The van der Waals surface area contributed by atoms with Crippen molar-refractivity contribution in [2.24, 2.45) is 0 Å². The van der Waals surface area contributed by atoms with E-state index < -0.39 is 10.0 Å². The minimum atomic E-state index is -3.56. The van der Waals surface area contributed by atoms with Crippen LogP contribution in [0.15, 0.2) is 41.3 Å². The van der Waals surface area contributed by atoms with Crippen molar-refractivity contribution in [1.29, 1.82) is 0 Å². The third-order valence-corrected chi connectivity index (χ3v) is 6.67. The smallest absolute Gasteiger partial charge is 0.262 e. The topological polar surface area (TPSA) is 84.9 Å². The highest BCUT2D eigenvalue weighted by molar-refractivity contribution is 7.89. The Morgan fingerprint density at radius 1 is 1.07 bits per heavy atom. The average molecular weight is 419 g/mol. The Bertz CT molecular complexity index is 998. The molecule has 156 valence electrons.